The van der Waals surface area contributed by atoms with Gasteiger partial charge in [-0.15, -0.1) is 5.10 Å². The molecule has 0 amide bonds. The zero-order valence-electron chi connectivity index (χ0n) is 11.2. The highest BCUT2D eigenvalue weighted by Gasteiger charge is 2.01. The predicted octanol–water partition coefficient (Wildman–Crippen LogP) is 2.01. The maximum Gasteiger partial charge on any atom is 0.211 e. The van der Waals surface area contributed by atoms with E-state index in [9.17, 15) is 4.39 Å². The molecule has 0 saturated carbocycles. The van der Waals surface area contributed by atoms with E-state index >= 15 is 0 Å². The summed E-state index contributed by atoms with van der Waals surface area (Å²) in [6, 6.07) is 13.7. The highest BCUT2D eigenvalue weighted by molar-refractivity contribution is 5.81. The van der Waals surface area contributed by atoms with E-state index in [1.54, 1.807) is 18.2 Å². The molecule has 0 radical (unpaired) electrons. The van der Waals surface area contributed by atoms with Gasteiger partial charge in [-0.1, -0.05) is 36.4 Å². The Morgan fingerprint density at radius 3 is 2.48 bits per heavy atom. The molecule has 6 heteroatoms. The smallest absolute Gasteiger partial charge is 0.211 e. The van der Waals surface area contributed by atoms with E-state index in [2.05, 4.69) is 10.2 Å². The molecule has 108 valence electrons. The van der Waals surface area contributed by atoms with Crippen LogP contribution in [0.1, 0.15) is 11.1 Å². The Hall–Kier alpha value is -2.89. The van der Waals surface area contributed by atoms with Crippen LogP contribution in [0.2, 0.25) is 0 Å². The lowest BCUT2D eigenvalue weighted by Crippen LogP contribution is -2.21. The average Bonchev–Trinajstić information content (AvgIpc) is 2.47. The molecule has 4 N–H and O–H groups in total. The van der Waals surface area contributed by atoms with Gasteiger partial charge in [-0.25, -0.2) is 4.39 Å². The van der Waals surface area contributed by atoms with Crippen molar-refractivity contribution >= 4 is 12.2 Å². The van der Waals surface area contributed by atoms with Crippen molar-refractivity contribution in [3.63, 3.8) is 0 Å². The monoisotopic (exact) mass is 286 g/mol. The van der Waals surface area contributed by atoms with E-state index in [1.165, 1.54) is 12.3 Å². The summed E-state index contributed by atoms with van der Waals surface area (Å²) < 4.78 is 18.8. The molecule has 0 aliphatic heterocycles. The van der Waals surface area contributed by atoms with Gasteiger partial charge in [0.25, 0.3) is 0 Å². The number of rotatable bonds is 5. The summed E-state index contributed by atoms with van der Waals surface area (Å²) >= 11 is 0. The SMILES string of the molecule is NC(N)=NN=Cc1ccc(COc2ccccc2F)cc1. The maximum absolute atomic E-state index is 13.4. The van der Waals surface area contributed by atoms with Gasteiger partial charge in [0.05, 0.1) is 6.21 Å². The number of nitrogens with two attached hydrogens (primary N) is 2. The van der Waals surface area contributed by atoms with Gasteiger partial charge in [0, 0.05) is 0 Å². The van der Waals surface area contributed by atoms with Crippen LogP contribution in [0.15, 0.2) is 58.7 Å². The van der Waals surface area contributed by atoms with Crippen LogP contribution in [-0.2, 0) is 6.61 Å². The highest BCUT2D eigenvalue weighted by Crippen LogP contribution is 2.17. The molecular weight excluding hydrogens is 271 g/mol. The van der Waals surface area contributed by atoms with Crippen LogP contribution in [0.25, 0.3) is 0 Å². The van der Waals surface area contributed by atoms with E-state index in [1.807, 2.05) is 24.3 Å². The Labute approximate surface area is 121 Å². The van der Waals surface area contributed by atoms with Crippen LogP contribution < -0.4 is 16.2 Å². The average molecular weight is 286 g/mol. The Kier molecular flexibility index (Phi) is 4.87. The molecular formula is C15H15FN4O. The fourth-order valence-corrected chi connectivity index (χ4v) is 1.59. The zero-order valence-corrected chi connectivity index (χ0v) is 11.2. The zero-order chi connectivity index (χ0) is 15.1. The van der Waals surface area contributed by atoms with Crippen LogP contribution in [0, 0.1) is 5.82 Å². The summed E-state index contributed by atoms with van der Waals surface area (Å²) in [6.45, 7) is 0.284. The van der Waals surface area contributed by atoms with Gasteiger partial charge in [-0.05, 0) is 23.3 Å². The van der Waals surface area contributed by atoms with Gasteiger partial charge in [0.1, 0.15) is 6.61 Å². The van der Waals surface area contributed by atoms with E-state index < -0.39 is 0 Å². The second kappa shape index (κ2) is 7.04. The molecule has 0 aliphatic rings. The van der Waals surface area contributed by atoms with Crippen molar-refractivity contribution in [1.82, 2.24) is 0 Å². The summed E-state index contributed by atoms with van der Waals surface area (Å²) in [5.41, 5.74) is 12.1. The van der Waals surface area contributed by atoms with Gasteiger partial charge in [-0.2, -0.15) is 5.10 Å². The second-order valence-electron chi connectivity index (χ2n) is 4.23. The number of para-hydroxylation sites is 1. The van der Waals surface area contributed by atoms with Crippen LogP contribution >= 0.6 is 0 Å². The fraction of sp³-hybridized carbons (Fsp3) is 0.0667. The van der Waals surface area contributed by atoms with Crippen LogP contribution in [0.4, 0.5) is 4.39 Å². The quantitative estimate of drug-likeness (QED) is 0.501. The molecule has 2 rings (SSSR count). The van der Waals surface area contributed by atoms with E-state index in [0.717, 1.165) is 11.1 Å². The summed E-state index contributed by atoms with van der Waals surface area (Å²) in [7, 11) is 0. The minimum absolute atomic E-state index is 0.0962. The topological polar surface area (TPSA) is 86.0 Å². The Balaban J connectivity index is 1.95. The van der Waals surface area contributed by atoms with E-state index in [-0.39, 0.29) is 24.1 Å². The molecule has 0 aromatic heterocycles. The Morgan fingerprint density at radius 1 is 1.10 bits per heavy atom. The number of guanidine groups is 1. The van der Waals surface area contributed by atoms with Gasteiger partial charge in [0.15, 0.2) is 11.6 Å². The third-order valence-electron chi connectivity index (χ3n) is 2.59. The van der Waals surface area contributed by atoms with Gasteiger partial charge < -0.3 is 16.2 Å². The highest BCUT2D eigenvalue weighted by atomic mass is 19.1. The molecule has 21 heavy (non-hydrogen) atoms. The number of benzene rings is 2. The lowest BCUT2D eigenvalue weighted by Gasteiger charge is -2.07. The van der Waals surface area contributed by atoms with Crippen molar-refractivity contribution in [1.29, 1.82) is 0 Å². The van der Waals surface area contributed by atoms with Crippen molar-refractivity contribution in [2.45, 2.75) is 6.61 Å². The number of nitrogens with zero attached hydrogens (tertiary/aromatic N) is 2. The standard InChI is InChI=1S/C15H15FN4O/c16-13-3-1-2-4-14(13)21-10-12-7-5-11(6-8-12)9-19-20-15(17)18/h1-9H,10H2,(H4,17,18,20). The van der Waals surface area contributed by atoms with Crippen molar-refractivity contribution in [2.24, 2.45) is 21.7 Å². The summed E-state index contributed by atoms with van der Waals surface area (Å²) in [5.74, 6) is -0.240. The molecule has 0 fully saturated rings. The van der Waals surface area contributed by atoms with Crippen molar-refractivity contribution in [2.75, 3.05) is 0 Å². The molecule has 0 heterocycles. The number of ether oxygens (including phenoxy) is 1. The number of hydrogen-bond donors (Lipinski definition) is 2. The summed E-state index contributed by atoms with van der Waals surface area (Å²) in [5, 5.41) is 7.21. The number of hydrogen-bond acceptors (Lipinski definition) is 3. The molecule has 0 atom stereocenters. The second-order valence-corrected chi connectivity index (χ2v) is 4.23. The Bertz CT molecular complexity index is 649. The van der Waals surface area contributed by atoms with E-state index in [0.29, 0.717) is 0 Å². The van der Waals surface area contributed by atoms with Crippen LogP contribution in [0.5, 0.6) is 5.75 Å². The molecule has 0 unspecified atom stereocenters. The molecule has 0 saturated heterocycles. The molecule has 2 aromatic carbocycles. The first-order valence-corrected chi connectivity index (χ1v) is 6.23. The molecule has 0 spiro atoms. The van der Waals surface area contributed by atoms with E-state index in [4.69, 9.17) is 16.2 Å². The third-order valence-corrected chi connectivity index (χ3v) is 2.59. The normalized spacial score (nSPS) is 10.5. The van der Waals surface area contributed by atoms with Gasteiger partial charge in [0.2, 0.25) is 5.96 Å². The summed E-state index contributed by atoms with van der Waals surface area (Å²) in [6.07, 6.45) is 1.53. The van der Waals surface area contributed by atoms with Crippen LogP contribution in [0.3, 0.4) is 0 Å². The first-order valence-electron chi connectivity index (χ1n) is 6.23. The predicted molar refractivity (Wildman–Crippen MR) is 80.6 cm³/mol. The van der Waals surface area contributed by atoms with Crippen molar-refractivity contribution in [3.05, 3.63) is 65.5 Å². The van der Waals surface area contributed by atoms with Gasteiger partial charge >= 0.3 is 0 Å². The minimum Gasteiger partial charge on any atom is -0.486 e. The van der Waals surface area contributed by atoms with Crippen molar-refractivity contribution in [3.8, 4) is 5.75 Å². The molecule has 2 aromatic rings. The van der Waals surface area contributed by atoms with Crippen molar-refractivity contribution < 1.29 is 9.13 Å². The third kappa shape index (κ3) is 4.61. The maximum atomic E-state index is 13.4. The molecule has 5 nitrogen and oxygen atoms in total. The first kappa shape index (κ1) is 14.5. The Morgan fingerprint density at radius 2 is 1.81 bits per heavy atom. The minimum atomic E-state index is -0.376. The fourth-order valence-electron chi connectivity index (χ4n) is 1.59. The lowest BCUT2D eigenvalue weighted by molar-refractivity contribution is 0.290. The molecule has 0 aliphatic carbocycles. The molecule has 0 bridgehead atoms. The van der Waals surface area contributed by atoms with Gasteiger partial charge in [-0.3, -0.25) is 0 Å². The number of halogens is 1. The van der Waals surface area contributed by atoms with Crippen LogP contribution in [-0.4, -0.2) is 12.2 Å². The lowest BCUT2D eigenvalue weighted by atomic mass is 10.1. The summed E-state index contributed by atoms with van der Waals surface area (Å²) in [4.78, 5) is 0. The largest absolute Gasteiger partial charge is 0.486 e. The first-order chi connectivity index (χ1) is 10.1.